The SMILES string of the molecule is O=C(Nc1ccccc1Br)C(=O)c1c[nH]c2ccc(Cl)cc12. The highest BCUT2D eigenvalue weighted by Crippen LogP contribution is 2.24. The van der Waals surface area contributed by atoms with E-state index in [1.807, 2.05) is 6.07 Å². The van der Waals surface area contributed by atoms with Gasteiger partial charge >= 0.3 is 0 Å². The third kappa shape index (κ3) is 2.77. The van der Waals surface area contributed by atoms with Crippen molar-refractivity contribution in [3.05, 3.63) is 63.7 Å². The lowest BCUT2D eigenvalue weighted by molar-refractivity contribution is -0.112. The van der Waals surface area contributed by atoms with Crippen molar-refractivity contribution in [1.29, 1.82) is 0 Å². The zero-order valence-corrected chi connectivity index (χ0v) is 13.5. The van der Waals surface area contributed by atoms with Crippen molar-refractivity contribution in [3.8, 4) is 0 Å². The number of rotatable bonds is 3. The maximum absolute atomic E-state index is 12.4. The quantitative estimate of drug-likeness (QED) is 0.525. The van der Waals surface area contributed by atoms with E-state index in [4.69, 9.17) is 11.6 Å². The molecule has 0 aliphatic heterocycles. The van der Waals surface area contributed by atoms with Gasteiger partial charge in [-0.05, 0) is 46.3 Å². The van der Waals surface area contributed by atoms with Crippen LogP contribution in [0, 0.1) is 0 Å². The van der Waals surface area contributed by atoms with Crippen LogP contribution in [0.2, 0.25) is 5.02 Å². The number of ketones is 1. The van der Waals surface area contributed by atoms with Crippen molar-refractivity contribution in [2.75, 3.05) is 5.32 Å². The number of carbonyl (C=O) groups is 2. The molecule has 0 saturated carbocycles. The summed E-state index contributed by atoms with van der Waals surface area (Å²) < 4.78 is 0.707. The summed E-state index contributed by atoms with van der Waals surface area (Å²) in [5.41, 5.74) is 1.59. The van der Waals surface area contributed by atoms with Gasteiger partial charge in [-0.1, -0.05) is 23.7 Å². The molecule has 1 heterocycles. The molecule has 0 bridgehead atoms. The minimum absolute atomic E-state index is 0.294. The van der Waals surface area contributed by atoms with Crippen LogP contribution < -0.4 is 5.32 Å². The Kier molecular flexibility index (Phi) is 4.00. The smallest absolute Gasteiger partial charge is 0.296 e. The molecule has 0 radical (unpaired) electrons. The fraction of sp³-hybridized carbons (Fsp3) is 0. The van der Waals surface area contributed by atoms with Gasteiger partial charge in [0, 0.05) is 26.6 Å². The largest absolute Gasteiger partial charge is 0.360 e. The number of halogens is 2. The molecule has 0 aliphatic rings. The van der Waals surface area contributed by atoms with E-state index in [1.165, 1.54) is 6.20 Å². The van der Waals surface area contributed by atoms with Crippen molar-refractivity contribution >= 4 is 55.8 Å². The summed E-state index contributed by atoms with van der Waals surface area (Å²) in [5, 5.41) is 3.73. The van der Waals surface area contributed by atoms with Crippen LogP contribution in [0.4, 0.5) is 5.69 Å². The number of H-pyrrole nitrogens is 1. The van der Waals surface area contributed by atoms with Crippen molar-refractivity contribution in [3.63, 3.8) is 0 Å². The third-order valence-electron chi connectivity index (χ3n) is 3.22. The zero-order chi connectivity index (χ0) is 15.7. The van der Waals surface area contributed by atoms with Crippen LogP contribution in [0.25, 0.3) is 10.9 Å². The molecule has 0 spiro atoms. The standard InChI is InChI=1S/C16H10BrClN2O2/c17-12-3-1-2-4-14(12)20-16(22)15(21)11-8-19-13-6-5-9(18)7-10(11)13/h1-8,19H,(H,20,22). The van der Waals surface area contributed by atoms with Crippen LogP contribution in [0.1, 0.15) is 10.4 Å². The van der Waals surface area contributed by atoms with Gasteiger partial charge in [-0.25, -0.2) is 0 Å². The fourth-order valence-corrected chi connectivity index (χ4v) is 2.70. The number of nitrogens with one attached hydrogen (secondary N) is 2. The number of para-hydroxylation sites is 1. The Bertz CT molecular complexity index is 889. The normalized spacial score (nSPS) is 10.6. The van der Waals surface area contributed by atoms with Crippen molar-refractivity contribution < 1.29 is 9.59 Å². The maximum Gasteiger partial charge on any atom is 0.296 e. The van der Waals surface area contributed by atoms with E-state index in [-0.39, 0.29) is 0 Å². The van der Waals surface area contributed by atoms with E-state index < -0.39 is 11.7 Å². The van der Waals surface area contributed by atoms with Crippen molar-refractivity contribution in [2.24, 2.45) is 0 Å². The molecule has 22 heavy (non-hydrogen) atoms. The highest BCUT2D eigenvalue weighted by Gasteiger charge is 2.20. The Morgan fingerprint density at radius 3 is 2.68 bits per heavy atom. The molecule has 3 aromatic rings. The average Bonchev–Trinajstić information content (AvgIpc) is 2.91. The first-order chi connectivity index (χ1) is 10.6. The molecule has 2 aromatic carbocycles. The first-order valence-electron chi connectivity index (χ1n) is 6.43. The minimum atomic E-state index is -0.701. The topological polar surface area (TPSA) is 62.0 Å². The lowest BCUT2D eigenvalue weighted by Gasteiger charge is -2.06. The Hall–Kier alpha value is -2.11. The lowest BCUT2D eigenvalue weighted by Crippen LogP contribution is -2.22. The number of Topliss-reactive ketones (excluding diaryl/α,β-unsaturated/α-hetero) is 1. The molecule has 1 amide bonds. The van der Waals surface area contributed by atoms with Gasteiger partial charge in [0.25, 0.3) is 11.7 Å². The molecule has 2 N–H and O–H groups in total. The first-order valence-corrected chi connectivity index (χ1v) is 7.60. The maximum atomic E-state index is 12.4. The summed E-state index contributed by atoms with van der Waals surface area (Å²) in [6, 6.07) is 12.2. The van der Waals surface area contributed by atoms with Gasteiger partial charge in [-0.15, -0.1) is 0 Å². The lowest BCUT2D eigenvalue weighted by atomic mass is 10.1. The van der Waals surface area contributed by atoms with Gasteiger partial charge in [-0.3, -0.25) is 9.59 Å². The predicted octanol–water partition coefficient (Wildman–Crippen LogP) is 4.41. The van der Waals surface area contributed by atoms with Gasteiger partial charge < -0.3 is 10.3 Å². The molecule has 1 aromatic heterocycles. The molecule has 0 fully saturated rings. The number of aromatic amines is 1. The number of carbonyl (C=O) groups excluding carboxylic acids is 2. The molecule has 110 valence electrons. The molecule has 6 heteroatoms. The van der Waals surface area contributed by atoms with Crippen LogP contribution in [0.15, 0.2) is 53.1 Å². The van der Waals surface area contributed by atoms with Crippen LogP contribution >= 0.6 is 27.5 Å². The van der Waals surface area contributed by atoms with Gasteiger partial charge in [-0.2, -0.15) is 0 Å². The molecule has 0 saturated heterocycles. The van der Waals surface area contributed by atoms with Crippen LogP contribution in [-0.2, 0) is 4.79 Å². The van der Waals surface area contributed by atoms with Gasteiger partial charge in [0.05, 0.1) is 11.3 Å². The molecule has 0 unspecified atom stereocenters. The highest BCUT2D eigenvalue weighted by atomic mass is 79.9. The van der Waals surface area contributed by atoms with E-state index >= 15 is 0 Å². The van der Waals surface area contributed by atoms with Crippen molar-refractivity contribution in [1.82, 2.24) is 4.98 Å². The van der Waals surface area contributed by atoms with Gasteiger partial charge in [0.2, 0.25) is 0 Å². The second-order valence-electron chi connectivity index (χ2n) is 4.66. The zero-order valence-electron chi connectivity index (χ0n) is 11.2. The number of hydrogen-bond acceptors (Lipinski definition) is 2. The summed E-state index contributed by atoms with van der Waals surface area (Å²) >= 11 is 9.27. The molecule has 4 nitrogen and oxygen atoms in total. The number of fused-ring (bicyclic) bond motifs is 1. The summed E-state index contributed by atoms with van der Waals surface area (Å²) in [5.74, 6) is -1.32. The number of hydrogen-bond donors (Lipinski definition) is 2. The highest BCUT2D eigenvalue weighted by molar-refractivity contribution is 9.10. The van der Waals surface area contributed by atoms with Gasteiger partial charge in [0.1, 0.15) is 0 Å². The molecule has 3 rings (SSSR count). The molecular formula is C16H10BrClN2O2. The molecular weight excluding hydrogens is 368 g/mol. The van der Waals surface area contributed by atoms with Crippen LogP contribution in [0.5, 0.6) is 0 Å². The summed E-state index contributed by atoms with van der Waals surface area (Å²) in [6.45, 7) is 0. The Morgan fingerprint density at radius 1 is 1.14 bits per heavy atom. The number of amides is 1. The molecule has 0 atom stereocenters. The van der Waals surface area contributed by atoms with E-state index in [1.54, 1.807) is 36.4 Å². The number of benzene rings is 2. The Balaban J connectivity index is 1.91. The summed E-state index contributed by atoms with van der Waals surface area (Å²) in [4.78, 5) is 27.5. The number of anilines is 1. The van der Waals surface area contributed by atoms with Crippen LogP contribution in [-0.4, -0.2) is 16.7 Å². The fourth-order valence-electron chi connectivity index (χ4n) is 2.14. The van der Waals surface area contributed by atoms with Gasteiger partial charge in [0.15, 0.2) is 0 Å². The van der Waals surface area contributed by atoms with Crippen LogP contribution in [0.3, 0.4) is 0 Å². The van der Waals surface area contributed by atoms with E-state index in [2.05, 4.69) is 26.2 Å². The average molecular weight is 378 g/mol. The number of aromatic nitrogens is 1. The summed E-state index contributed by atoms with van der Waals surface area (Å²) in [6.07, 6.45) is 1.52. The van der Waals surface area contributed by atoms with E-state index in [0.717, 1.165) is 5.52 Å². The van der Waals surface area contributed by atoms with E-state index in [9.17, 15) is 9.59 Å². The second kappa shape index (κ2) is 5.94. The monoisotopic (exact) mass is 376 g/mol. The van der Waals surface area contributed by atoms with E-state index in [0.29, 0.717) is 26.1 Å². The first kappa shape index (κ1) is 14.8. The molecule has 0 aliphatic carbocycles. The third-order valence-corrected chi connectivity index (χ3v) is 4.14. The minimum Gasteiger partial charge on any atom is -0.360 e. The predicted molar refractivity (Wildman–Crippen MR) is 90.4 cm³/mol. The Morgan fingerprint density at radius 2 is 1.91 bits per heavy atom. The second-order valence-corrected chi connectivity index (χ2v) is 5.95. The summed E-state index contributed by atoms with van der Waals surface area (Å²) in [7, 11) is 0. The Labute approximate surface area is 139 Å². The van der Waals surface area contributed by atoms with Crippen molar-refractivity contribution in [2.45, 2.75) is 0 Å².